The molecule has 2 aromatic carbocycles. The van der Waals surface area contributed by atoms with E-state index in [4.69, 9.17) is 17.0 Å². The fourth-order valence-electron chi connectivity index (χ4n) is 1.71. The van der Waals surface area contributed by atoms with Crippen LogP contribution in [-0.4, -0.2) is 30.2 Å². The van der Waals surface area contributed by atoms with E-state index in [1.165, 1.54) is 18.2 Å². The van der Waals surface area contributed by atoms with Crippen molar-refractivity contribution in [2.75, 3.05) is 25.5 Å². The molecular weight excluding hydrogens is 306 g/mol. The summed E-state index contributed by atoms with van der Waals surface area (Å²) in [7, 11) is 1.78. The van der Waals surface area contributed by atoms with Gasteiger partial charge in [0.2, 0.25) is 0 Å². The molecule has 1 N–H and O–H groups in total. The molecule has 0 aliphatic heterocycles. The molecule has 116 valence electrons. The molecule has 0 unspecified atom stereocenters. The Balaban J connectivity index is 1.79. The van der Waals surface area contributed by atoms with Crippen molar-refractivity contribution in [1.82, 2.24) is 4.90 Å². The number of rotatable bonds is 5. The van der Waals surface area contributed by atoms with Gasteiger partial charge in [-0.15, -0.1) is 0 Å². The number of anilines is 1. The monoisotopic (exact) mass is 322 g/mol. The molecule has 2 rings (SSSR count). The average Bonchev–Trinajstić information content (AvgIpc) is 2.51. The van der Waals surface area contributed by atoms with Crippen LogP contribution < -0.4 is 10.1 Å². The Bertz CT molecular complexity index is 634. The van der Waals surface area contributed by atoms with Crippen molar-refractivity contribution in [3.8, 4) is 5.75 Å². The fraction of sp³-hybridized carbons (Fsp3) is 0.188. The molecule has 0 fully saturated rings. The molecule has 2 aromatic rings. The molecule has 0 amide bonds. The standard InChI is InChI=1S/C16H16F2N2OS/c1-20(10-11-21-13-8-6-12(17)7-9-13)16(22)19-15-5-3-2-4-14(15)18/h2-9H,10-11H2,1H3,(H,19,22). The highest BCUT2D eigenvalue weighted by Gasteiger charge is 2.07. The maximum absolute atomic E-state index is 13.5. The van der Waals surface area contributed by atoms with Crippen molar-refractivity contribution in [3.05, 3.63) is 60.2 Å². The van der Waals surface area contributed by atoms with E-state index in [1.807, 2.05) is 0 Å². The zero-order valence-corrected chi connectivity index (χ0v) is 12.9. The topological polar surface area (TPSA) is 24.5 Å². The van der Waals surface area contributed by atoms with E-state index < -0.39 is 0 Å². The van der Waals surface area contributed by atoms with Crippen LogP contribution in [0.5, 0.6) is 5.75 Å². The van der Waals surface area contributed by atoms with Gasteiger partial charge in [-0.1, -0.05) is 12.1 Å². The van der Waals surface area contributed by atoms with Gasteiger partial charge < -0.3 is 15.0 Å². The number of benzene rings is 2. The van der Waals surface area contributed by atoms with Gasteiger partial charge in [0.15, 0.2) is 5.11 Å². The molecule has 0 saturated heterocycles. The Morgan fingerprint density at radius 2 is 1.82 bits per heavy atom. The number of nitrogens with one attached hydrogen (secondary N) is 1. The van der Waals surface area contributed by atoms with E-state index in [9.17, 15) is 8.78 Å². The maximum atomic E-state index is 13.5. The molecule has 0 aliphatic rings. The smallest absolute Gasteiger partial charge is 0.173 e. The number of halogens is 2. The Morgan fingerprint density at radius 1 is 1.14 bits per heavy atom. The minimum absolute atomic E-state index is 0.306. The highest BCUT2D eigenvalue weighted by Crippen LogP contribution is 2.13. The van der Waals surface area contributed by atoms with Gasteiger partial charge in [-0.05, 0) is 48.6 Å². The van der Waals surface area contributed by atoms with E-state index >= 15 is 0 Å². The van der Waals surface area contributed by atoms with Crippen LogP contribution in [0.25, 0.3) is 0 Å². The van der Waals surface area contributed by atoms with Gasteiger partial charge in [0.25, 0.3) is 0 Å². The van der Waals surface area contributed by atoms with E-state index in [1.54, 1.807) is 42.3 Å². The number of thiocarbonyl (C=S) groups is 1. The van der Waals surface area contributed by atoms with Crippen molar-refractivity contribution < 1.29 is 13.5 Å². The van der Waals surface area contributed by atoms with E-state index in [0.29, 0.717) is 29.7 Å². The lowest BCUT2D eigenvalue weighted by Crippen LogP contribution is -2.34. The summed E-state index contributed by atoms with van der Waals surface area (Å²) >= 11 is 5.21. The van der Waals surface area contributed by atoms with Crippen molar-refractivity contribution in [2.45, 2.75) is 0 Å². The highest BCUT2D eigenvalue weighted by molar-refractivity contribution is 7.80. The summed E-state index contributed by atoms with van der Waals surface area (Å²) < 4.78 is 31.8. The number of hydrogen-bond acceptors (Lipinski definition) is 2. The minimum Gasteiger partial charge on any atom is -0.492 e. The molecular formula is C16H16F2N2OS. The first-order chi connectivity index (χ1) is 10.6. The summed E-state index contributed by atoms with van der Waals surface area (Å²) in [6.45, 7) is 0.888. The predicted octanol–water partition coefficient (Wildman–Crippen LogP) is 3.67. The summed E-state index contributed by atoms with van der Waals surface area (Å²) in [6.07, 6.45) is 0. The first-order valence-corrected chi connectivity index (χ1v) is 7.12. The molecule has 0 aliphatic carbocycles. The van der Waals surface area contributed by atoms with Gasteiger partial charge in [-0.3, -0.25) is 0 Å². The van der Waals surface area contributed by atoms with E-state index in [-0.39, 0.29) is 11.6 Å². The highest BCUT2D eigenvalue weighted by atomic mass is 32.1. The summed E-state index contributed by atoms with van der Waals surface area (Å²) in [4.78, 5) is 1.74. The van der Waals surface area contributed by atoms with Crippen LogP contribution in [0.4, 0.5) is 14.5 Å². The lowest BCUT2D eigenvalue weighted by molar-refractivity contribution is 0.285. The van der Waals surface area contributed by atoms with E-state index in [0.717, 1.165) is 0 Å². The van der Waals surface area contributed by atoms with Crippen LogP contribution in [-0.2, 0) is 0 Å². The third kappa shape index (κ3) is 4.66. The summed E-state index contributed by atoms with van der Waals surface area (Å²) in [6, 6.07) is 12.1. The van der Waals surface area contributed by atoms with Crippen LogP contribution >= 0.6 is 12.2 Å². The van der Waals surface area contributed by atoms with Gasteiger partial charge in [-0.2, -0.15) is 0 Å². The summed E-state index contributed by atoms with van der Waals surface area (Å²) in [5.41, 5.74) is 0.332. The normalized spacial score (nSPS) is 10.1. The van der Waals surface area contributed by atoms with Crippen LogP contribution in [0, 0.1) is 11.6 Å². The third-order valence-corrected chi connectivity index (χ3v) is 3.38. The lowest BCUT2D eigenvalue weighted by atomic mass is 10.3. The van der Waals surface area contributed by atoms with Crippen LogP contribution in [0.15, 0.2) is 48.5 Å². The molecule has 0 aromatic heterocycles. The SMILES string of the molecule is CN(CCOc1ccc(F)cc1)C(=S)Nc1ccccc1F. The second-order valence-corrected chi connectivity index (χ2v) is 5.02. The summed E-state index contributed by atoms with van der Waals surface area (Å²) in [5, 5.41) is 3.24. The minimum atomic E-state index is -0.360. The Kier molecular flexibility index (Phi) is 5.66. The van der Waals surface area contributed by atoms with Gasteiger partial charge >= 0.3 is 0 Å². The zero-order valence-electron chi connectivity index (χ0n) is 12.1. The van der Waals surface area contributed by atoms with E-state index in [2.05, 4.69) is 5.32 Å². The first-order valence-electron chi connectivity index (χ1n) is 6.71. The number of hydrogen-bond donors (Lipinski definition) is 1. The maximum Gasteiger partial charge on any atom is 0.173 e. The Hall–Kier alpha value is -2.21. The fourth-order valence-corrected chi connectivity index (χ4v) is 1.91. The molecule has 0 radical (unpaired) electrons. The largest absolute Gasteiger partial charge is 0.492 e. The number of ether oxygens (including phenoxy) is 1. The summed E-state index contributed by atoms with van der Waals surface area (Å²) in [5.74, 6) is -0.0803. The zero-order chi connectivity index (χ0) is 15.9. The van der Waals surface area contributed by atoms with Crippen LogP contribution in [0.1, 0.15) is 0 Å². The number of likely N-dealkylation sites (N-methyl/N-ethyl adjacent to an activating group) is 1. The quantitative estimate of drug-likeness (QED) is 0.849. The molecule has 0 saturated carbocycles. The predicted molar refractivity (Wildman–Crippen MR) is 87.1 cm³/mol. The van der Waals surface area contributed by atoms with Crippen LogP contribution in [0.2, 0.25) is 0 Å². The van der Waals surface area contributed by atoms with Gasteiger partial charge in [0.05, 0.1) is 12.2 Å². The van der Waals surface area contributed by atoms with Crippen molar-refractivity contribution in [2.24, 2.45) is 0 Å². The van der Waals surface area contributed by atoms with Crippen molar-refractivity contribution in [1.29, 1.82) is 0 Å². The Labute approximate surface area is 133 Å². The van der Waals surface area contributed by atoms with Crippen molar-refractivity contribution in [3.63, 3.8) is 0 Å². The second-order valence-electron chi connectivity index (χ2n) is 4.63. The molecule has 0 atom stereocenters. The lowest BCUT2D eigenvalue weighted by Gasteiger charge is -2.21. The Morgan fingerprint density at radius 3 is 2.50 bits per heavy atom. The number of nitrogens with zero attached hydrogens (tertiary/aromatic N) is 1. The molecule has 3 nitrogen and oxygen atoms in total. The third-order valence-electron chi connectivity index (χ3n) is 2.97. The molecule has 22 heavy (non-hydrogen) atoms. The molecule has 0 heterocycles. The molecule has 6 heteroatoms. The molecule has 0 spiro atoms. The molecule has 0 bridgehead atoms. The first kappa shape index (κ1) is 16.2. The van der Waals surface area contributed by atoms with Crippen molar-refractivity contribution >= 4 is 23.0 Å². The number of para-hydroxylation sites is 1. The average molecular weight is 322 g/mol. The second kappa shape index (κ2) is 7.70. The van der Waals surface area contributed by atoms with Gasteiger partial charge in [0.1, 0.15) is 24.0 Å². The van der Waals surface area contributed by atoms with Gasteiger partial charge in [0, 0.05) is 7.05 Å². The van der Waals surface area contributed by atoms with Gasteiger partial charge in [-0.25, -0.2) is 8.78 Å². The van der Waals surface area contributed by atoms with Crippen LogP contribution in [0.3, 0.4) is 0 Å².